The second kappa shape index (κ2) is 12.0. The minimum atomic E-state index is 0.0654. The van der Waals surface area contributed by atoms with Gasteiger partial charge in [-0.15, -0.1) is 0 Å². The largest absolute Gasteiger partial charge is 0.493 e. The van der Waals surface area contributed by atoms with E-state index in [2.05, 4.69) is 91.5 Å². The molecular weight excluding hydrogens is 564 g/mol. The molecule has 0 spiro atoms. The number of benzene rings is 4. The van der Waals surface area contributed by atoms with Crippen molar-refractivity contribution in [2.75, 3.05) is 48.5 Å². The lowest BCUT2D eigenvalue weighted by atomic mass is 9.87. The van der Waals surface area contributed by atoms with E-state index < -0.39 is 0 Å². The van der Waals surface area contributed by atoms with Crippen LogP contribution in [0.4, 0.5) is 0 Å². The molecule has 4 aliphatic rings. The van der Waals surface area contributed by atoms with Gasteiger partial charge >= 0.3 is 0 Å². The van der Waals surface area contributed by atoms with Gasteiger partial charge in [-0.05, 0) is 116 Å². The summed E-state index contributed by atoms with van der Waals surface area (Å²) in [7, 11) is 9.48. The van der Waals surface area contributed by atoms with Crippen LogP contribution in [0.1, 0.15) is 51.0 Å². The van der Waals surface area contributed by atoms with Gasteiger partial charge in [0.05, 0.1) is 21.3 Å². The fraction of sp³-hybridized carbons (Fsp3) is 0.368. The van der Waals surface area contributed by atoms with Crippen molar-refractivity contribution in [3.05, 3.63) is 99.6 Å². The van der Waals surface area contributed by atoms with Crippen LogP contribution in [-0.2, 0) is 25.7 Å². The lowest BCUT2D eigenvalue weighted by Crippen LogP contribution is -2.34. The first-order valence-electron chi connectivity index (χ1n) is 15.8. The van der Waals surface area contributed by atoms with Crippen LogP contribution in [0.3, 0.4) is 0 Å². The topological polar surface area (TPSA) is 52.6 Å². The van der Waals surface area contributed by atoms with Gasteiger partial charge in [0.15, 0.2) is 23.0 Å². The average molecular weight is 607 g/mol. The normalized spacial score (nSPS) is 19.4. The molecule has 234 valence electrons. The van der Waals surface area contributed by atoms with Crippen molar-refractivity contribution in [3.8, 4) is 40.2 Å². The van der Waals surface area contributed by atoms with Crippen LogP contribution >= 0.6 is 0 Å². The molecule has 2 atom stereocenters. The van der Waals surface area contributed by atoms with Crippen molar-refractivity contribution in [3.63, 3.8) is 0 Å². The Hall–Kier alpha value is -4.20. The van der Waals surface area contributed by atoms with Gasteiger partial charge in [-0.2, -0.15) is 0 Å². The summed E-state index contributed by atoms with van der Waals surface area (Å²) >= 11 is 0. The standard InChI is InChI=1S/C38H42N2O5/c1-23-7-8-25-18-30-29-22-34(33(41-4)20-26(29)13-15-39(30)2)45-38-36-27(21-35(42-5)37(38)43-6)14-16-40(3)31(36)17-24-9-11-28(12-10-24)44-32(23)19-25/h7-12,19-22,30-31H,13-18H2,1-6H3/t30-,31+/m1/s1. The van der Waals surface area contributed by atoms with Crippen molar-refractivity contribution < 1.29 is 23.7 Å². The highest BCUT2D eigenvalue weighted by Crippen LogP contribution is 2.51. The predicted molar refractivity (Wildman–Crippen MR) is 176 cm³/mol. The van der Waals surface area contributed by atoms with Crippen molar-refractivity contribution in [2.24, 2.45) is 0 Å². The molecule has 0 aliphatic carbocycles. The maximum Gasteiger partial charge on any atom is 0.204 e. The highest BCUT2D eigenvalue weighted by atomic mass is 16.5. The summed E-state index contributed by atoms with van der Waals surface area (Å²) in [4.78, 5) is 4.85. The SMILES string of the molecule is COc1cc2c3cc1Oc1c(OC)c(OC)cc4c1[C@H](Cc1ccc(cc1)Oc1cc(ccc1C)C[C@H]3N(C)CC2)N(C)CC4. The van der Waals surface area contributed by atoms with Crippen LogP contribution in [0, 0.1) is 6.92 Å². The number of fused-ring (bicyclic) bond motifs is 2. The lowest BCUT2D eigenvalue weighted by Gasteiger charge is -2.37. The fourth-order valence-electron chi connectivity index (χ4n) is 7.23. The monoisotopic (exact) mass is 606 g/mol. The molecule has 45 heavy (non-hydrogen) atoms. The minimum absolute atomic E-state index is 0.0654. The van der Waals surface area contributed by atoms with Crippen LogP contribution in [0.15, 0.2) is 60.7 Å². The number of hydrogen-bond acceptors (Lipinski definition) is 7. The van der Waals surface area contributed by atoms with Crippen molar-refractivity contribution >= 4 is 0 Å². The maximum atomic E-state index is 7.03. The number of ether oxygens (including phenoxy) is 5. The zero-order chi connectivity index (χ0) is 31.2. The lowest BCUT2D eigenvalue weighted by molar-refractivity contribution is 0.220. The molecule has 4 aliphatic heterocycles. The van der Waals surface area contributed by atoms with Gasteiger partial charge in [0.25, 0.3) is 0 Å². The summed E-state index contributed by atoms with van der Waals surface area (Å²) in [5.74, 6) is 5.07. The first-order valence-corrected chi connectivity index (χ1v) is 15.8. The molecule has 0 radical (unpaired) electrons. The van der Waals surface area contributed by atoms with Gasteiger partial charge in [-0.1, -0.05) is 24.3 Å². The van der Waals surface area contributed by atoms with Crippen LogP contribution in [0.25, 0.3) is 0 Å². The molecule has 0 saturated heterocycles. The van der Waals surface area contributed by atoms with E-state index in [1.807, 2.05) is 0 Å². The van der Waals surface area contributed by atoms with E-state index in [1.165, 1.54) is 27.8 Å². The molecule has 0 fully saturated rings. The van der Waals surface area contributed by atoms with Crippen molar-refractivity contribution in [1.29, 1.82) is 0 Å². The first kappa shape index (κ1) is 29.5. The van der Waals surface area contributed by atoms with Crippen LogP contribution in [-0.4, -0.2) is 58.3 Å². The van der Waals surface area contributed by atoms with Crippen LogP contribution in [0.2, 0.25) is 0 Å². The molecule has 0 N–H and O–H groups in total. The maximum absolute atomic E-state index is 7.03. The smallest absolute Gasteiger partial charge is 0.204 e. The van der Waals surface area contributed by atoms with Crippen molar-refractivity contribution in [1.82, 2.24) is 9.80 Å². The van der Waals surface area contributed by atoms with Crippen molar-refractivity contribution in [2.45, 2.75) is 44.7 Å². The van der Waals surface area contributed by atoms with E-state index in [4.69, 9.17) is 23.7 Å². The summed E-state index contributed by atoms with van der Waals surface area (Å²) in [5.41, 5.74) is 8.44. The molecule has 4 heterocycles. The van der Waals surface area contributed by atoms with E-state index in [0.29, 0.717) is 28.7 Å². The first-order chi connectivity index (χ1) is 21.9. The minimum Gasteiger partial charge on any atom is -0.493 e. The Morgan fingerprint density at radius 2 is 1.33 bits per heavy atom. The molecule has 4 aromatic rings. The van der Waals surface area contributed by atoms with Gasteiger partial charge in [-0.3, -0.25) is 9.80 Å². The third-order valence-electron chi connectivity index (χ3n) is 9.87. The summed E-state index contributed by atoms with van der Waals surface area (Å²) in [6.07, 6.45) is 3.48. The molecule has 0 unspecified atom stereocenters. The van der Waals surface area contributed by atoms with E-state index in [9.17, 15) is 0 Å². The summed E-state index contributed by atoms with van der Waals surface area (Å²) < 4.78 is 31.4. The molecular formula is C38H42N2O5. The van der Waals surface area contributed by atoms with E-state index in [-0.39, 0.29) is 12.1 Å². The molecule has 8 rings (SSSR count). The summed E-state index contributed by atoms with van der Waals surface area (Å²) in [5, 5.41) is 0. The second-order valence-corrected chi connectivity index (χ2v) is 12.6. The molecule has 6 bridgehead atoms. The Morgan fingerprint density at radius 3 is 2.07 bits per heavy atom. The molecule has 7 heteroatoms. The number of nitrogens with zero attached hydrogens (tertiary/aromatic N) is 2. The predicted octanol–water partition coefficient (Wildman–Crippen LogP) is 7.46. The molecule has 0 saturated carbocycles. The third-order valence-corrected chi connectivity index (χ3v) is 9.87. The Morgan fingerprint density at radius 1 is 0.667 bits per heavy atom. The Balaban J connectivity index is 1.46. The zero-order valence-electron chi connectivity index (χ0n) is 27.1. The number of hydrogen-bond donors (Lipinski definition) is 0. The number of likely N-dealkylation sites (N-methyl/N-ethyl adjacent to an activating group) is 2. The van der Waals surface area contributed by atoms with E-state index in [1.54, 1.807) is 21.3 Å². The van der Waals surface area contributed by atoms with Crippen LogP contribution in [0.5, 0.6) is 40.2 Å². The average Bonchev–Trinajstić information content (AvgIpc) is 3.05. The Bertz CT molecular complexity index is 1730. The number of methoxy groups -OCH3 is 3. The summed E-state index contributed by atoms with van der Waals surface area (Å²) in [6.45, 7) is 4.00. The van der Waals surface area contributed by atoms with Crippen LogP contribution < -0.4 is 23.7 Å². The molecule has 0 aromatic heterocycles. The second-order valence-electron chi connectivity index (χ2n) is 12.6. The fourth-order valence-corrected chi connectivity index (χ4v) is 7.23. The number of rotatable bonds is 3. The zero-order valence-corrected chi connectivity index (χ0v) is 27.1. The Labute approximate surface area is 266 Å². The highest BCUT2D eigenvalue weighted by Gasteiger charge is 2.34. The molecule has 7 nitrogen and oxygen atoms in total. The van der Waals surface area contributed by atoms with Gasteiger partial charge < -0.3 is 23.7 Å². The van der Waals surface area contributed by atoms with E-state index in [0.717, 1.165) is 61.4 Å². The van der Waals surface area contributed by atoms with Gasteiger partial charge in [0.1, 0.15) is 11.5 Å². The molecule has 0 amide bonds. The third kappa shape index (κ3) is 5.38. The quantitative estimate of drug-likeness (QED) is 0.240. The van der Waals surface area contributed by atoms with Gasteiger partial charge in [-0.25, -0.2) is 0 Å². The molecule has 4 aromatic carbocycles. The highest BCUT2D eigenvalue weighted by molar-refractivity contribution is 5.63. The van der Waals surface area contributed by atoms with E-state index >= 15 is 0 Å². The van der Waals surface area contributed by atoms with Gasteiger partial charge in [0, 0.05) is 30.7 Å². The summed E-state index contributed by atoms with van der Waals surface area (Å²) in [6, 6.07) is 21.8. The van der Waals surface area contributed by atoms with Gasteiger partial charge in [0.2, 0.25) is 5.75 Å². The Kier molecular flexibility index (Phi) is 7.84. The number of aryl methyl sites for hydroxylation is 1.